The average molecular weight is 248 g/mol. The molecule has 0 bridgehead atoms. The molecular formula is C18H32. The van der Waals surface area contributed by atoms with Crippen LogP contribution in [0.25, 0.3) is 12.2 Å². The minimum Gasteiger partial charge on any atom is -0.0984 e. The molecule has 0 N–H and O–H groups in total. The molecule has 0 aliphatic heterocycles. The van der Waals surface area contributed by atoms with Gasteiger partial charge in [-0.15, -0.1) is 0 Å². The Balaban J connectivity index is -0.000000328. The van der Waals surface area contributed by atoms with Crippen LogP contribution in [0, 0.1) is 6.92 Å². The summed E-state index contributed by atoms with van der Waals surface area (Å²) < 4.78 is 0. The van der Waals surface area contributed by atoms with Gasteiger partial charge in [-0.2, -0.15) is 0 Å². The van der Waals surface area contributed by atoms with Gasteiger partial charge in [-0.25, -0.2) is 0 Å². The summed E-state index contributed by atoms with van der Waals surface area (Å²) in [6.07, 6.45) is 6.02. The van der Waals surface area contributed by atoms with Crippen LogP contribution in [0.3, 0.4) is 0 Å². The molecule has 0 saturated heterocycles. The van der Waals surface area contributed by atoms with Gasteiger partial charge in [0.2, 0.25) is 0 Å². The molecule has 0 aromatic heterocycles. The van der Waals surface area contributed by atoms with Gasteiger partial charge >= 0.3 is 0 Å². The van der Waals surface area contributed by atoms with Crippen LogP contribution in [-0.4, -0.2) is 0 Å². The smallest absolute Gasteiger partial charge is 0.0187 e. The highest BCUT2D eigenvalue weighted by Gasteiger charge is 1.94. The quantitative estimate of drug-likeness (QED) is 0.543. The third-order valence-corrected chi connectivity index (χ3v) is 1.81. The fourth-order valence-electron chi connectivity index (χ4n) is 1.20. The minimum absolute atomic E-state index is 1.20. The van der Waals surface area contributed by atoms with Crippen molar-refractivity contribution >= 4 is 12.2 Å². The van der Waals surface area contributed by atoms with Gasteiger partial charge in [0.05, 0.1) is 0 Å². The van der Waals surface area contributed by atoms with Gasteiger partial charge in [-0.1, -0.05) is 90.1 Å². The highest BCUT2D eigenvalue weighted by atomic mass is 14.0. The van der Waals surface area contributed by atoms with Crippen molar-refractivity contribution in [1.82, 2.24) is 0 Å². The van der Waals surface area contributed by atoms with E-state index in [9.17, 15) is 0 Å². The van der Waals surface area contributed by atoms with Gasteiger partial charge in [0, 0.05) is 0 Å². The standard InChI is InChI=1S/C12H14.3C2H6/c1-4-6-12-8-7-10(3)9-11(12)5-2;3*1-2/h4-9H,2H2,1,3H3;3*1-2H3/b6-4-;;;. The zero-order valence-electron chi connectivity index (χ0n) is 13.7. The van der Waals surface area contributed by atoms with E-state index in [0.29, 0.717) is 0 Å². The van der Waals surface area contributed by atoms with E-state index < -0.39 is 0 Å². The molecule has 18 heavy (non-hydrogen) atoms. The maximum absolute atomic E-state index is 3.78. The fourth-order valence-corrected chi connectivity index (χ4v) is 1.20. The van der Waals surface area contributed by atoms with Crippen molar-refractivity contribution in [2.75, 3.05) is 0 Å². The van der Waals surface area contributed by atoms with Crippen molar-refractivity contribution in [1.29, 1.82) is 0 Å². The van der Waals surface area contributed by atoms with Crippen molar-refractivity contribution in [3.63, 3.8) is 0 Å². The Kier molecular flexibility index (Phi) is 22.0. The van der Waals surface area contributed by atoms with Gasteiger partial charge in [0.15, 0.2) is 0 Å². The summed E-state index contributed by atoms with van der Waals surface area (Å²) in [6.45, 7) is 19.9. The van der Waals surface area contributed by atoms with Crippen LogP contribution in [-0.2, 0) is 0 Å². The Labute approximate surface area is 115 Å². The molecule has 0 amide bonds. The van der Waals surface area contributed by atoms with Crippen LogP contribution in [0.5, 0.6) is 0 Å². The van der Waals surface area contributed by atoms with Crippen molar-refractivity contribution < 1.29 is 0 Å². The van der Waals surface area contributed by atoms with Crippen LogP contribution in [0.1, 0.15) is 65.2 Å². The molecule has 0 fully saturated rings. The molecule has 0 saturated carbocycles. The lowest BCUT2D eigenvalue weighted by Gasteiger charge is -2.01. The maximum Gasteiger partial charge on any atom is -0.0187 e. The van der Waals surface area contributed by atoms with Crippen molar-refractivity contribution in [2.45, 2.75) is 55.4 Å². The highest BCUT2D eigenvalue weighted by molar-refractivity contribution is 5.64. The largest absolute Gasteiger partial charge is 0.0984 e. The number of hydrogen-bond donors (Lipinski definition) is 0. The van der Waals surface area contributed by atoms with E-state index in [4.69, 9.17) is 0 Å². The molecule has 104 valence electrons. The van der Waals surface area contributed by atoms with E-state index >= 15 is 0 Å². The molecule has 0 unspecified atom stereocenters. The predicted octanol–water partition coefficient (Wildman–Crippen LogP) is 6.75. The molecule has 0 spiro atoms. The van der Waals surface area contributed by atoms with Crippen LogP contribution in [0.15, 0.2) is 30.9 Å². The van der Waals surface area contributed by atoms with Crippen LogP contribution < -0.4 is 0 Å². The predicted molar refractivity (Wildman–Crippen MR) is 90.0 cm³/mol. The van der Waals surface area contributed by atoms with Gasteiger partial charge in [0.25, 0.3) is 0 Å². The lowest BCUT2D eigenvalue weighted by Crippen LogP contribution is -1.81. The Bertz CT molecular complexity index is 306. The summed E-state index contributed by atoms with van der Waals surface area (Å²) in [5.41, 5.74) is 3.71. The highest BCUT2D eigenvalue weighted by Crippen LogP contribution is 2.14. The van der Waals surface area contributed by atoms with Crippen LogP contribution >= 0.6 is 0 Å². The molecule has 0 aliphatic carbocycles. The zero-order chi connectivity index (χ0) is 15.0. The summed E-state index contributed by atoms with van der Waals surface area (Å²) in [5, 5.41) is 0. The number of aryl methyl sites for hydroxylation is 1. The molecule has 0 heterocycles. The van der Waals surface area contributed by atoms with Gasteiger partial charge in [-0.05, 0) is 25.0 Å². The summed E-state index contributed by atoms with van der Waals surface area (Å²) in [6, 6.07) is 6.37. The van der Waals surface area contributed by atoms with E-state index in [-0.39, 0.29) is 0 Å². The van der Waals surface area contributed by atoms with Crippen molar-refractivity contribution in [3.8, 4) is 0 Å². The average Bonchev–Trinajstić information content (AvgIpc) is 2.47. The Hall–Kier alpha value is -1.30. The summed E-state index contributed by atoms with van der Waals surface area (Å²) in [7, 11) is 0. The van der Waals surface area contributed by atoms with E-state index in [1.54, 1.807) is 0 Å². The summed E-state index contributed by atoms with van der Waals surface area (Å²) in [5.74, 6) is 0. The van der Waals surface area contributed by atoms with E-state index in [1.165, 1.54) is 16.7 Å². The number of hydrogen-bond acceptors (Lipinski definition) is 0. The van der Waals surface area contributed by atoms with Gasteiger partial charge in [-0.3, -0.25) is 0 Å². The second-order valence-corrected chi connectivity index (χ2v) is 2.84. The number of allylic oxidation sites excluding steroid dienone is 1. The number of benzene rings is 1. The SMILES string of the molecule is C=Cc1cc(C)ccc1/C=C\C.CC.CC.CC. The number of rotatable bonds is 2. The Morgan fingerprint density at radius 3 is 1.78 bits per heavy atom. The van der Waals surface area contributed by atoms with Crippen molar-refractivity contribution in [3.05, 3.63) is 47.5 Å². The molecule has 0 nitrogen and oxygen atoms in total. The topological polar surface area (TPSA) is 0 Å². The normalized spacial score (nSPS) is 8.00. The van der Waals surface area contributed by atoms with Gasteiger partial charge in [0.1, 0.15) is 0 Å². The third-order valence-electron chi connectivity index (χ3n) is 1.81. The fraction of sp³-hybridized carbons (Fsp3) is 0.444. The molecular weight excluding hydrogens is 216 g/mol. The summed E-state index contributed by atoms with van der Waals surface area (Å²) >= 11 is 0. The first kappa shape index (κ1) is 21.9. The monoisotopic (exact) mass is 248 g/mol. The molecule has 1 aromatic carbocycles. The third kappa shape index (κ3) is 9.89. The van der Waals surface area contributed by atoms with Crippen molar-refractivity contribution in [2.24, 2.45) is 0 Å². The second kappa shape index (κ2) is 18.1. The Morgan fingerprint density at radius 1 is 0.889 bits per heavy atom. The molecule has 0 atom stereocenters. The lowest BCUT2D eigenvalue weighted by atomic mass is 10.0. The van der Waals surface area contributed by atoms with E-state index in [2.05, 4.69) is 37.8 Å². The maximum atomic E-state index is 3.78. The molecule has 1 rings (SSSR count). The first-order chi connectivity index (χ1) is 8.77. The van der Waals surface area contributed by atoms with Crippen LogP contribution in [0.2, 0.25) is 0 Å². The molecule has 1 aromatic rings. The first-order valence-corrected chi connectivity index (χ1v) is 7.13. The second-order valence-electron chi connectivity index (χ2n) is 2.84. The van der Waals surface area contributed by atoms with E-state index in [1.807, 2.05) is 60.6 Å². The first-order valence-electron chi connectivity index (χ1n) is 7.13. The Morgan fingerprint density at radius 2 is 1.39 bits per heavy atom. The minimum atomic E-state index is 1.20. The molecule has 0 aliphatic rings. The van der Waals surface area contributed by atoms with Crippen LogP contribution in [0.4, 0.5) is 0 Å². The van der Waals surface area contributed by atoms with Gasteiger partial charge < -0.3 is 0 Å². The zero-order valence-corrected chi connectivity index (χ0v) is 13.7. The molecule has 0 heteroatoms. The molecule has 0 radical (unpaired) electrons. The summed E-state index contributed by atoms with van der Waals surface area (Å²) in [4.78, 5) is 0. The van der Waals surface area contributed by atoms with E-state index in [0.717, 1.165) is 0 Å². The lowest BCUT2D eigenvalue weighted by molar-refractivity contribution is 1.44.